The van der Waals surface area contributed by atoms with E-state index >= 15 is 0 Å². The van der Waals surface area contributed by atoms with Gasteiger partial charge in [-0.25, -0.2) is 9.59 Å². The molecule has 0 aliphatic rings. The lowest BCUT2D eigenvalue weighted by Crippen LogP contribution is -2.33. The number of aliphatic imine (C=N–C) groups is 1. The van der Waals surface area contributed by atoms with Crippen molar-refractivity contribution in [1.82, 2.24) is 5.32 Å². The lowest BCUT2D eigenvalue weighted by molar-refractivity contribution is 0.153. The average molecular weight is 264 g/mol. The zero-order chi connectivity index (χ0) is 14.3. The Balaban J connectivity index is 2.68. The SMILES string of the molecule is CC(CNC(=O)O)C(C)Oc1ccccc1N=C=O. The quantitative estimate of drug-likeness (QED) is 0.609. The van der Waals surface area contributed by atoms with Gasteiger partial charge in [-0.1, -0.05) is 19.1 Å². The van der Waals surface area contributed by atoms with Gasteiger partial charge in [0, 0.05) is 12.5 Å². The summed E-state index contributed by atoms with van der Waals surface area (Å²) in [6.07, 6.45) is 0.180. The van der Waals surface area contributed by atoms with Crippen LogP contribution < -0.4 is 10.1 Å². The summed E-state index contributed by atoms with van der Waals surface area (Å²) in [7, 11) is 0. The normalized spacial score (nSPS) is 12.9. The van der Waals surface area contributed by atoms with Crippen molar-refractivity contribution in [3.05, 3.63) is 24.3 Å². The Labute approximate surface area is 111 Å². The summed E-state index contributed by atoms with van der Waals surface area (Å²) in [5.41, 5.74) is 0.405. The van der Waals surface area contributed by atoms with Gasteiger partial charge in [-0.15, -0.1) is 0 Å². The van der Waals surface area contributed by atoms with E-state index in [2.05, 4.69) is 10.3 Å². The van der Waals surface area contributed by atoms with Gasteiger partial charge in [0.15, 0.2) is 0 Å². The summed E-state index contributed by atoms with van der Waals surface area (Å²) in [5, 5.41) is 10.8. The number of benzene rings is 1. The van der Waals surface area contributed by atoms with Gasteiger partial charge in [0.05, 0.1) is 0 Å². The maximum Gasteiger partial charge on any atom is 0.404 e. The number of nitrogens with zero attached hydrogens (tertiary/aromatic N) is 1. The Kier molecular flexibility index (Phi) is 5.57. The number of nitrogens with one attached hydrogen (secondary N) is 1. The molecule has 0 aliphatic heterocycles. The van der Waals surface area contributed by atoms with Crippen LogP contribution >= 0.6 is 0 Å². The summed E-state index contributed by atoms with van der Waals surface area (Å²) in [6, 6.07) is 6.85. The van der Waals surface area contributed by atoms with E-state index in [1.807, 2.05) is 13.8 Å². The minimum absolute atomic E-state index is 0.0237. The van der Waals surface area contributed by atoms with Crippen molar-refractivity contribution in [2.45, 2.75) is 20.0 Å². The fraction of sp³-hybridized carbons (Fsp3) is 0.385. The first kappa shape index (κ1) is 14.7. The number of hydrogen-bond donors (Lipinski definition) is 2. The number of ether oxygens (including phenoxy) is 1. The van der Waals surface area contributed by atoms with E-state index in [0.717, 1.165) is 0 Å². The molecule has 0 saturated carbocycles. The monoisotopic (exact) mass is 264 g/mol. The Morgan fingerprint density at radius 3 is 2.79 bits per heavy atom. The van der Waals surface area contributed by atoms with Crippen LogP contribution in [0.1, 0.15) is 13.8 Å². The second-order valence-electron chi connectivity index (χ2n) is 4.16. The fourth-order valence-corrected chi connectivity index (χ4v) is 1.43. The van der Waals surface area contributed by atoms with E-state index in [-0.39, 0.29) is 18.6 Å². The predicted octanol–water partition coefficient (Wildman–Crippen LogP) is 2.32. The first-order valence-electron chi connectivity index (χ1n) is 5.85. The Morgan fingerprint density at radius 1 is 1.47 bits per heavy atom. The Hall–Kier alpha value is -2.33. The van der Waals surface area contributed by atoms with E-state index in [0.29, 0.717) is 11.4 Å². The molecule has 1 aromatic carbocycles. The van der Waals surface area contributed by atoms with Gasteiger partial charge < -0.3 is 15.2 Å². The first-order chi connectivity index (χ1) is 9.04. The van der Waals surface area contributed by atoms with E-state index in [4.69, 9.17) is 9.84 Å². The molecule has 0 spiro atoms. The number of carboxylic acid groups (broad SMARTS) is 1. The molecule has 0 bridgehead atoms. The summed E-state index contributed by atoms with van der Waals surface area (Å²) >= 11 is 0. The second-order valence-corrected chi connectivity index (χ2v) is 4.16. The van der Waals surface area contributed by atoms with Crippen molar-refractivity contribution in [3.8, 4) is 5.75 Å². The zero-order valence-electron chi connectivity index (χ0n) is 10.8. The van der Waals surface area contributed by atoms with E-state index in [9.17, 15) is 9.59 Å². The van der Waals surface area contributed by atoms with Crippen LogP contribution in [0, 0.1) is 5.92 Å². The third kappa shape index (κ3) is 4.81. The summed E-state index contributed by atoms with van der Waals surface area (Å²) in [5.74, 6) is 0.449. The molecule has 2 atom stereocenters. The van der Waals surface area contributed by atoms with Gasteiger partial charge in [-0.2, -0.15) is 4.99 Å². The number of carbonyl (C=O) groups is 1. The molecule has 0 saturated heterocycles. The molecule has 2 N–H and O–H groups in total. The maximum atomic E-state index is 10.4. The van der Waals surface area contributed by atoms with Crippen molar-refractivity contribution in [1.29, 1.82) is 0 Å². The van der Waals surface area contributed by atoms with Gasteiger partial charge >= 0.3 is 6.09 Å². The largest absolute Gasteiger partial charge is 0.488 e. The average Bonchev–Trinajstić information content (AvgIpc) is 2.38. The molecule has 2 unspecified atom stereocenters. The lowest BCUT2D eigenvalue weighted by Gasteiger charge is -2.21. The van der Waals surface area contributed by atoms with Gasteiger partial charge in [-0.3, -0.25) is 0 Å². The highest BCUT2D eigenvalue weighted by Crippen LogP contribution is 2.28. The molecule has 0 aromatic heterocycles. The van der Waals surface area contributed by atoms with E-state index < -0.39 is 6.09 Å². The first-order valence-corrected chi connectivity index (χ1v) is 5.85. The summed E-state index contributed by atoms with van der Waals surface area (Å²) in [4.78, 5) is 24.3. The van der Waals surface area contributed by atoms with Crippen molar-refractivity contribution in [3.63, 3.8) is 0 Å². The lowest BCUT2D eigenvalue weighted by atomic mass is 10.1. The number of para-hydroxylation sites is 2. The number of isocyanates is 1. The second kappa shape index (κ2) is 7.18. The topological polar surface area (TPSA) is 88.0 Å². The highest BCUT2D eigenvalue weighted by Gasteiger charge is 2.16. The third-order valence-corrected chi connectivity index (χ3v) is 2.72. The van der Waals surface area contributed by atoms with Gasteiger partial charge in [0.2, 0.25) is 6.08 Å². The highest BCUT2D eigenvalue weighted by molar-refractivity contribution is 5.64. The molecule has 1 rings (SSSR count). The van der Waals surface area contributed by atoms with Gasteiger partial charge in [-0.05, 0) is 19.1 Å². The third-order valence-electron chi connectivity index (χ3n) is 2.72. The van der Waals surface area contributed by atoms with Crippen LogP contribution in [-0.2, 0) is 4.79 Å². The fourth-order valence-electron chi connectivity index (χ4n) is 1.43. The molecule has 0 fully saturated rings. The van der Waals surface area contributed by atoms with Crippen LogP contribution in [0.4, 0.5) is 10.5 Å². The molecule has 0 heterocycles. The van der Waals surface area contributed by atoms with Crippen LogP contribution in [0.5, 0.6) is 5.75 Å². The van der Waals surface area contributed by atoms with Gasteiger partial charge in [0.25, 0.3) is 0 Å². The van der Waals surface area contributed by atoms with Crippen molar-refractivity contribution in [2.24, 2.45) is 10.9 Å². The summed E-state index contributed by atoms with van der Waals surface area (Å²) < 4.78 is 5.69. The molecule has 6 heteroatoms. The van der Waals surface area contributed by atoms with Crippen molar-refractivity contribution >= 4 is 17.9 Å². The molecule has 6 nitrogen and oxygen atoms in total. The molecule has 0 radical (unpaired) electrons. The smallest absolute Gasteiger partial charge is 0.404 e. The van der Waals surface area contributed by atoms with Crippen LogP contribution in [0.2, 0.25) is 0 Å². The van der Waals surface area contributed by atoms with Crippen molar-refractivity contribution in [2.75, 3.05) is 6.54 Å². The number of rotatable bonds is 6. The minimum Gasteiger partial charge on any atom is -0.488 e. The molecular weight excluding hydrogens is 248 g/mol. The Morgan fingerprint density at radius 2 is 2.16 bits per heavy atom. The minimum atomic E-state index is -1.06. The van der Waals surface area contributed by atoms with Crippen LogP contribution in [0.15, 0.2) is 29.3 Å². The molecule has 1 amide bonds. The van der Waals surface area contributed by atoms with Crippen LogP contribution in [0.25, 0.3) is 0 Å². The van der Waals surface area contributed by atoms with Crippen molar-refractivity contribution < 1.29 is 19.4 Å². The van der Waals surface area contributed by atoms with Gasteiger partial charge in [0.1, 0.15) is 17.5 Å². The predicted molar refractivity (Wildman–Crippen MR) is 69.5 cm³/mol. The molecule has 0 aliphatic carbocycles. The van der Waals surface area contributed by atoms with E-state index in [1.54, 1.807) is 24.3 Å². The van der Waals surface area contributed by atoms with E-state index in [1.165, 1.54) is 6.08 Å². The highest BCUT2D eigenvalue weighted by atomic mass is 16.5. The van der Waals surface area contributed by atoms with Crippen LogP contribution in [-0.4, -0.2) is 29.9 Å². The molecule has 19 heavy (non-hydrogen) atoms. The molecular formula is C13H16N2O4. The number of hydrogen-bond acceptors (Lipinski definition) is 4. The number of amides is 1. The maximum absolute atomic E-state index is 10.4. The molecule has 102 valence electrons. The summed E-state index contributed by atoms with van der Waals surface area (Å²) in [6.45, 7) is 3.98. The zero-order valence-corrected chi connectivity index (χ0v) is 10.8. The Bertz CT molecular complexity index is 483. The van der Waals surface area contributed by atoms with Crippen LogP contribution in [0.3, 0.4) is 0 Å². The number of carbonyl (C=O) groups excluding carboxylic acids is 1. The standard InChI is InChI=1S/C13H16N2O4/c1-9(7-14-13(17)18)10(2)19-12-6-4-3-5-11(12)15-8-16/h3-6,9-10,14H,7H2,1-2H3,(H,17,18). The molecule has 1 aromatic rings.